The molecule has 0 bridgehead atoms. The molecule has 3 N–H and O–H groups in total. The first-order valence-electron chi connectivity index (χ1n) is 7.75. The summed E-state index contributed by atoms with van der Waals surface area (Å²) in [5, 5.41) is 5.78. The van der Waals surface area contributed by atoms with Crippen LogP contribution in [0.4, 0.5) is 15.1 Å². The van der Waals surface area contributed by atoms with E-state index in [0.29, 0.717) is 25.0 Å². The van der Waals surface area contributed by atoms with Gasteiger partial charge in [0, 0.05) is 13.1 Å². The lowest BCUT2D eigenvalue weighted by Crippen LogP contribution is -2.33. The largest absolute Gasteiger partial charge is 0.444 e. The van der Waals surface area contributed by atoms with Crippen molar-refractivity contribution in [3.63, 3.8) is 0 Å². The van der Waals surface area contributed by atoms with Crippen LogP contribution in [0.1, 0.15) is 27.2 Å². The predicted octanol–water partition coefficient (Wildman–Crippen LogP) is 3.15. The molecule has 0 aliphatic carbocycles. The normalized spacial score (nSPS) is 11.4. The Bertz CT molecular complexity index is 832. The number of amides is 1. The third-order valence-corrected chi connectivity index (χ3v) is 3.67. The average molecular weight is 415 g/mol. The zero-order valence-electron chi connectivity index (χ0n) is 14.2. The number of ether oxygens (including phenoxy) is 1. The van der Waals surface area contributed by atoms with Crippen LogP contribution in [0.25, 0.3) is 10.9 Å². The van der Waals surface area contributed by atoms with Crippen molar-refractivity contribution < 1.29 is 13.9 Å². The van der Waals surface area contributed by atoms with Crippen LogP contribution in [0.5, 0.6) is 0 Å². The van der Waals surface area contributed by atoms with E-state index in [0.717, 1.165) is 6.07 Å². The van der Waals surface area contributed by atoms with Gasteiger partial charge in [-0.1, -0.05) is 0 Å². The Kier molecular flexibility index (Phi) is 5.99. The van der Waals surface area contributed by atoms with Gasteiger partial charge in [-0.25, -0.2) is 14.2 Å². The highest BCUT2D eigenvalue weighted by molar-refractivity contribution is 9.10. The van der Waals surface area contributed by atoms with Crippen molar-refractivity contribution >= 4 is 38.9 Å². The minimum Gasteiger partial charge on any atom is -0.444 e. The molecule has 1 heterocycles. The fraction of sp³-hybridized carbons (Fsp3) is 0.438. The lowest BCUT2D eigenvalue weighted by Gasteiger charge is -2.19. The van der Waals surface area contributed by atoms with E-state index in [4.69, 9.17) is 4.74 Å². The van der Waals surface area contributed by atoms with Crippen molar-refractivity contribution in [1.29, 1.82) is 0 Å². The summed E-state index contributed by atoms with van der Waals surface area (Å²) in [5.74, 6) is -0.234. The van der Waals surface area contributed by atoms with E-state index >= 15 is 0 Å². The minimum atomic E-state index is -0.537. The molecule has 0 saturated carbocycles. The van der Waals surface area contributed by atoms with Crippen molar-refractivity contribution in [2.24, 2.45) is 0 Å². The van der Waals surface area contributed by atoms with Crippen LogP contribution < -0.4 is 16.2 Å². The Morgan fingerprint density at radius 1 is 1.36 bits per heavy atom. The maximum atomic E-state index is 13.5. The number of hydrogen-bond acceptors (Lipinski definition) is 5. The molecule has 0 unspecified atom stereocenters. The monoisotopic (exact) mass is 414 g/mol. The molecular weight excluding hydrogens is 395 g/mol. The number of halogens is 2. The van der Waals surface area contributed by atoms with Crippen molar-refractivity contribution in [2.45, 2.75) is 32.8 Å². The molecule has 2 rings (SSSR count). The van der Waals surface area contributed by atoms with Gasteiger partial charge in [0.1, 0.15) is 11.4 Å². The molecule has 1 amide bonds. The topological polar surface area (TPSA) is 96.1 Å². The maximum Gasteiger partial charge on any atom is 0.407 e. The summed E-state index contributed by atoms with van der Waals surface area (Å²) in [4.78, 5) is 30.3. The molecule has 1 aromatic heterocycles. The summed E-state index contributed by atoms with van der Waals surface area (Å²) >= 11 is 3.07. The summed E-state index contributed by atoms with van der Waals surface area (Å²) in [6.07, 6.45) is 0.130. The van der Waals surface area contributed by atoms with Crippen molar-refractivity contribution in [1.82, 2.24) is 15.3 Å². The molecule has 0 aliphatic heterocycles. The number of aromatic amines is 1. The number of aromatic nitrogens is 2. The average Bonchev–Trinajstić information content (AvgIpc) is 2.47. The standard InChI is InChI=1S/C16H20BrFN4O3/c1-16(2,3)25-15(24)20-6-4-5-19-14-21-12-8-10(17)11(18)7-9(12)13(23)22-14/h7-8H,4-6H2,1-3H3,(H,20,24)(H2,19,21,22,23). The number of fused-ring (bicyclic) bond motifs is 1. The number of hydrogen-bond donors (Lipinski definition) is 3. The SMILES string of the molecule is CC(C)(C)OC(=O)NCCCNc1nc2cc(Br)c(F)cc2c(=O)[nH]1. The summed E-state index contributed by atoms with van der Waals surface area (Å²) in [7, 11) is 0. The van der Waals surface area contributed by atoms with Crippen LogP contribution in [-0.2, 0) is 4.74 Å². The van der Waals surface area contributed by atoms with Gasteiger partial charge in [0.05, 0.1) is 15.4 Å². The molecule has 7 nitrogen and oxygen atoms in total. The van der Waals surface area contributed by atoms with E-state index in [9.17, 15) is 14.0 Å². The van der Waals surface area contributed by atoms with Gasteiger partial charge in [-0.3, -0.25) is 9.78 Å². The Morgan fingerprint density at radius 2 is 2.08 bits per heavy atom. The molecule has 25 heavy (non-hydrogen) atoms. The Morgan fingerprint density at radius 3 is 2.76 bits per heavy atom. The lowest BCUT2D eigenvalue weighted by molar-refractivity contribution is 0.0528. The number of H-pyrrole nitrogens is 1. The molecule has 1 aromatic carbocycles. The fourth-order valence-electron chi connectivity index (χ4n) is 2.02. The van der Waals surface area contributed by atoms with E-state index in [1.54, 1.807) is 20.8 Å². The second-order valence-corrected chi connectivity index (χ2v) is 7.26. The highest BCUT2D eigenvalue weighted by Crippen LogP contribution is 2.20. The van der Waals surface area contributed by atoms with Gasteiger partial charge in [-0.2, -0.15) is 0 Å². The van der Waals surface area contributed by atoms with E-state index in [1.807, 2.05) is 0 Å². The van der Waals surface area contributed by atoms with Gasteiger partial charge >= 0.3 is 6.09 Å². The second kappa shape index (κ2) is 7.81. The number of anilines is 1. The molecule has 9 heteroatoms. The smallest absolute Gasteiger partial charge is 0.407 e. The number of nitrogens with one attached hydrogen (secondary N) is 3. The van der Waals surface area contributed by atoms with Crippen LogP contribution in [-0.4, -0.2) is 34.8 Å². The van der Waals surface area contributed by atoms with E-state index in [-0.39, 0.29) is 15.8 Å². The molecule has 0 fully saturated rings. The van der Waals surface area contributed by atoms with Crippen molar-refractivity contribution in [3.05, 3.63) is 32.8 Å². The number of benzene rings is 1. The number of alkyl carbamates (subject to hydrolysis) is 1. The quantitative estimate of drug-likeness (QED) is 0.652. The Hall–Kier alpha value is -2.16. The van der Waals surface area contributed by atoms with Crippen LogP contribution in [0, 0.1) is 5.82 Å². The van der Waals surface area contributed by atoms with Gasteiger partial charge in [-0.05, 0) is 55.3 Å². The van der Waals surface area contributed by atoms with Gasteiger partial charge in [0.2, 0.25) is 5.95 Å². The van der Waals surface area contributed by atoms with Crippen LogP contribution in [0.15, 0.2) is 21.4 Å². The lowest BCUT2D eigenvalue weighted by atomic mass is 10.2. The van der Waals surface area contributed by atoms with Gasteiger partial charge < -0.3 is 15.4 Å². The van der Waals surface area contributed by atoms with Crippen molar-refractivity contribution in [3.8, 4) is 0 Å². The van der Waals surface area contributed by atoms with Gasteiger partial charge in [0.25, 0.3) is 5.56 Å². The minimum absolute atomic E-state index is 0.179. The second-order valence-electron chi connectivity index (χ2n) is 6.41. The first kappa shape index (κ1) is 19.2. The molecule has 136 valence electrons. The first-order chi connectivity index (χ1) is 11.7. The molecule has 2 aromatic rings. The number of nitrogens with zero attached hydrogens (tertiary/aromatic N) is 1. The van der Waals surface area contributed by atoms with E-state index < -0.39 is 23.1 Å². The van der Waals surface area contributed by atoms with Gasteiger partial charge in [0.15, 0.2) is 0 Å². The van der Waals surface area contributed by atoms with Gasteiger partial charge in [-0.15, -0.1) is 0 Å². The van der Waals surface area contributed by atoms with E-state index in [1.165, 1.54) is 6.07 Å². The predicted molar refractivity (Wildman–Crippen MR) is 97.4 cm³/mol. The van der Waals surface area contributed by atoms with Crippen LogP contribution >= 0.6 is 15.9 Å². The molecule has 0 atom stereocenters. The number of carbonyl (C=O) groups is 1. The Labute approximate surface area is 152 Å². The highest BCUT2D eigenvalue weighted by atomic mass is 79.9. The zero-order valence-corrected chi connectivity index (χ0v) is 15.8. The molecular formula is C16H20BrFN4O3. The third kappa shape index (κ3) is 5.70. The zero-order chi connectivity index (χ0) is 18.6. The molecule has 0 saturated heterocycles. The summed E-state index contributed by atoms with van der Waals surface area (Å²) < 4.78 is 18.9. The van der Waals surface area contributed by atoms with Crippen LogP contribution in [0.2, 0.25) is 0 Å². The third-order valence-electron chi connectivity index (χ3n) is 3.06. The molecule has 0 spiro atoms. The highest BCUT2D eigenvalue weighted by Gasteiger charge is 2.15. The summed E-state index contributed by atoms with van der Waals surface area (Å²) in [6.45, 7) is 6.27. The fourth-order valence-corrected chi connectivity index (χ4v) is 2.35. The number of carbonyl (C=O) groups excluding carboxylic acids is 1. The van der Waals surface area contributed by atoms with Crippen molar-refractivity contribution in [2.75, 3.05) is 18.4 Å². The summed E-state index contributed by atoms with van der Waals surface area (Å²) in [5.41, 5.74) is -0.581. The van der Waals surface area contributed by atoms with E-state index in [2.05, 4.69) is 36.5 Å². The Balaban J connectivity index is 1.88. The summed E-state index contributed by atoms with van der Waals surface area (Å²) in [6, 6.07) is 2.59. The van der Waals surface area contributed by atoms with Crippen LogP contribution in [0.3, 0.4) is 0 Å². The number of rotatable bonds is 5. The maximum absolute atomic E-state index is 13.5. The molecule has 0 radical (unpaired) electrons. The molecule has 0 aliphatic rings. The first-order valence-corrected chi connectivity index (χ1v) is 8.55.